The number of hydrogen-bond donors (Lipinski definition) is 3. The quantitative estimate of drug-likeness (QED) is 0.571. The van der Waals surface area contributed by atoms with Crippen molar-refractivity contribution in [1.82, 2.24) is 10.3 Å². The molecular weight excluding hydrogens is 396 g/mol. The summed E-state index contributed by atoms with van der Waals surface area (Å²) in [6, 6.07) is 15.5. The fourth-order valence-electron chi connectivity index (χ4n) is 4.04. The summed E-state index contributed by atoms with van der Waals surface area (Å²) >= 11 is 1.74. The molecule has 1 saturated heterocycles. The molecule has 30 heavy (non-hydrogen) atoms. The molecule has 2 aromatic carbocycles. The second-order valence-electron chi connectivity index (χ2n) is 7.64. The Labute approximate surface area is 180 Å². The first kappa shape index (κ1) is 20.5. The van der Waals surface area contributed by atoms with Crippen LogP contribution in [0.15, 0.2) is 48.5 Å². The number of thiazole rings is 1. The van der Waals surface area contributed by atoms with Gasteiger partial charge in [-0.3, -0.25) is 9.59 Å². The van der Waals surface area contributed by atoms with Crippen LogP contribution in [0.4, 0.5) is 5.69 Å². The number of piperidine rings is 1. The van der Waals surface area contributed by atoms with Crippen LogP contribution in [0.2, 0.25) is 0 Å². The minimum Gasteiger partial charge on any atom is -0.352 e. The molecule has 0 aliphatic carbocycles. The summed E-state index contributed by atoms with van der Waals surface area (Å²) in [5.41, 5.74) is 2.23. The SMILES string of the molecule is CCNC(=O)c1cccc(NC(=O)C[NH+]2CCCC[C@@H]2c2nc3ccccc3s2)c1. The van der Waals surface area contributed by atoms with Crippen LogP contribution in [0.1, 0.15) is 47.6 Å². The maximum atomic E-state index is 12.8. The first-order valence-electron chi connectivity index (χ1n) is 10.5. The lowest BCUT2D eigenvalue weighted by atomic mass is 10.0. The summed E-state index contributed by atoms with van der Waals surface area (Å²) in [7, 11) is 0. The Morgan fingerprint density at radius 3 is 2.87 bits per heavy atom. The van der Waals surface area contributed by atoms with E-state index in [0.29, 0.717) is 24.3 Å². The molecule has 1 unspecified atom stereocenters. The van der Waals surface area contributed by atoms with Gasteiger partial charge in [0.05, 0.1) is 16.8 Å². The third-order valence-electron chi connectivity index (χ3n) is 5.48. The molecular formula is C23H27N4O2S+. The fraction of sp³-hybridized carbons (Fsp3) is 0.348. The monoisotopic (exact) mass is 423 g/mol. The smallest absolute Gasteiger partial charge is 0.279 e. The molecule has 0 bridgehead atoms. The lowest BCUT2D eigenvalue weighted by Crippen LogP contribution is -3.14. The number of anilines is 1. The van der Waals surface area contributed by atoms with Gasteiger partial charge in [-0.1, -0.05) is 18.2 Å². The normalized spacial score (nSPS) is 18.8. The number of benzene rings is 2. The van der Waals surface area contributed by atoms with Crippen molar-refractivity contribution in [3.8, 4) is 0 Å². The predicted octanol–water partition coefficient (Wildman–Crippen LogP) is 2.79. The van der Waals surface area contributed by atoms with Gasteiger partial charge in [0, 0.05) is 24.2 Å². The van der Waals surface area contributed by atoms with Gasteiger partial charge in [-0.2, -0.15) is 0 Å². The van der Waals surface area contributed by atoms with Crippen molar-refractivity contribution in [3.05, 3.63) is 59.1 Å². The van der Waals surface area contributed by atoms with Gasteiger partial charge in [-0.25, -0.2) is 4.98 Å². The average molecular weight is 424 g/mol. The molecule has 6 nitrogen and oxygen atoms in total. The molecule has 0 radical (unpaired) electrons. The number of carbonyl (C=O) groups is 2. The number of fused-ring (bicyclic) bond motifs is 1. The Kier molecular flexibility index (Phi) is 6.40. The van der Waals surface area contributed by atoms with E-state index in [9.17, 15) is 9.59 Å². The van der Waals surface area contributed by atoms with Crippen molar-refractivity contribution in [2.45, 2.75) is 32.2 Å². The lowest BCUT2D eigenvalue weighted by molar-refractivity contribution is -0.929. The van der Waals surface area contributed by atoms with E-state index in [1.54, 1.807) is 29.5 Å². The van der Waals surface area contributed by atoms with Crippen LogP contribution in [-0.4, -0.2) is 36.4 Å². The molecule has 2 amide bonds. The van der Waals surface area contributed by atoms with E-state index in [1.807, 2.05) is 31.2 Å². The highest BCUT2D eigenvalue weighted by Gasteiger charge is 2.31. The number of aromatic nitrogens is 1. The van der Waals surface area contributed by atoms with E-state index in [0.717, 1.165) is 29.9 Å². The van der Waals surface area contributed by atoms with Crippen LogP contribution >= 0.6 is 11.3 Å². The molecule has 3 N–H and O–H groups in total. The Hall–Kier alpha value is -2.77. The van der Waals surface area contributed by atoms with Gasteiger partial charge in [0.15, 0.2) is 11.6 Å². The highest BCUT2D eigenvalue weighted by molar-refractivity contribution is 7.18. The molecule has 0 spiro atoms. The highest BCUT2D eigenvalue weighted by atomic mass is 32.1. The summed E-state index contributed by atoms with van der Waals surface area (Å²) in [4.78, 5) is 30.9. The van der Waals surface area contributed by atoms with Crippen LogP contribution in [0.5, 0.6) is 0 Å². The predicted molar refractivity (Wildman–Crippen MR) is 120 cm³/mol. The molecule has 1 aliphatic heterocycles. The zero-order chi connectivity index (χ0) is 20.9. The molecule has 2 atom stereocenters. The van der Waals surface area contributed by atoms with Crippen LogP contribution < -0.4 is 15.5 Å². The van der Waals surface area contributed by atoms with Crippen molar-refractivity contribution < 1.29 is 14.5 Å². The molecule has 1 aromatic heterocycles. The van der Waals surface area contributed by atoms with E-state index in [4.69, 9.17) is 4.98 Å². The van der Waals surface area contributed by atoms with Crippen LogP contribution in [0.25, 0.3) is 10.2 Å². The van der Waals surface area contributed by atoms with E-state index >= 15 is 0 Å². The summed E-state index contributed by atoms with van der Waals surface area (Å²) in [5, 5.41) is 6.87. The van der Waals surface area contributed by atoms with Crippen LogP contribution in [-0.2, 0) is 4.79 Å². The zero-order valence-electron chi connectivity index (χ0n) is 17.1. The molecule has 4 rings (SSSR count). The Balaban J connectivity index is 1.45. The van der Waals surface area contributed by atoms with Gasteiger partial charge in [-0.05, 0) is 50.1 Å². The van der Waals surface area contributed by atoms with Crippen molar-refractivity contribution in [3.63, 3.8) is 0 Å². The minimum absolute atomic E-state index is 0.0361. The van der Waals surface area contributed by atoms with Crippen LogP contribution in [0, 0.1) is 0 Å². The number of likely N-dealkylation sites (tertiary alicyclic amines) is 1. The summed E-state index contributed by atoms with van der Waals surface area (Å²) in [6.45, 7) is 3.81. The van der Waals surface area contributed by atoms with Crippen LogP contribution in [0.3, 0.4) is 0 Å². The number of carbonyl (C=O) groups excluding carboxylic acids is 2. The van der Waals surface area contributed by atoms with Crippen molar-refractivity contribution in [2.24, 2.45) is 0 Å². The third kappa shape index (κ3) is 4.68. The second kappa shape index (κ2) is 9.36. The summed E-state index contributed by atoms with van der Waals surface area (Å²) in [5.74, 6) is -0.169. The first-order chi connectivity index (χ1) is 14.6. The lowest BCUT2D eigenvalue weighted by Gasteiger charge is -2.30. The standard InChI is InChI=1S/C23H26N4O2S/c1-2-24-22(29)16-8-7-9-17(14-16)25-21(28)15-27-13-6-5-11-19(27)23-26-18-10-3-4-12-20(18)30-23/h3-4,7-10,12,14,19H,2,5-6,11,13,15H2,1H3,(H,24,29)(H,25,28)/p+1/t19-/m1/s1. The maximum absolute atomic E-state index is 12.8. The Morgan fingerprint density at radius 2 is 2.03 bits per heavy atom. The topological polar surface area (TPSA) is 75.5 Å². The van der Waals surface area contributed by atoms with E-state index in [1.165, 1.54) is 16.0 Å². The van der Waals surface area contributed by atoms with E-state index in [-0.39, 0.29) is 17.9 Å². The highest BCUT2D eigenvalue weighted by Crippen LogP contribution is 2.28. The number of para-hydroxylation sites is 1. The van der Waals surface area contributed by atoms with E-state index in [2.05, 4.69) is 16.7 Å². The number of rotatable bonds is 6. The van der Waals surface area contributed by atoms with Crippen molar-refractivity contribution in [1.29, 1.82) is 0 Å². The summed E-state index contributed by atoms with van der Waals surface area (Å²) < 4.78 is 1.20. The molecule has 2 heterocycles. The van der Waals surface area contributed by atoms with Gasteiger partial charge < -0.3 is 15.5 Å². The Morgan fingerprint density at radius 1 is 1.17 bits per heavy atom. The fourth-order valence-corrected chi connectivity index (χ4v) is 5.20. The van der Waals surface area contributed by atoms with Gasteiger partial charge in [0.25, 0.3) is 11.8 Å². The zero-order valence-corrected chi connectivity index (χ0v) is 17.9. The molecule has 156 valence electrons. The minimum atomic E-state index is -0.133. The number of nitrogens with zero attached hydrogens (tertiary/aromatic N) is 1. The van der Waals surface area contributed by atoms with Gasteiger partial charge in [-0.15, -0.1) is 11.3 Å². The average Bonchev–Trinajstić information content (AvgIpc) is 3.18. The summed E-state index contributed by atoms with van der Waals surface area (Å²) in [6.07, 6.45) is 3.34. The van der Waals surface area contributed by atoms with Crippen molar-refractivity contribution >= 4 is 39.1 Å². The van der Waals surface area contributed by atoms with Gasteiger partial charge in [0.2, 0.25) is 0 Å². The number of quaternary nitrogens is 1. The Bertz CT molecular complexity index is 1020. The molecule has 0 saturated carbocycles. The third-order valence-corrected chi connectivity index (χ3v) is 6.63. The molecule has 1 aliphatic rings. The molecule has 3 aromatic rings. The number of nitrogens with one attached hydrogen (secondary N) is 3. The number of hydrogen-bond acceptors (Lipinski definition) is 4. The second-order valence-corrected chi connectivity index (χ2v) is 8.70. The largest absolute Gasteiger partial charge is 0.352 e. The van der Waals surface area contributed by atoms with Crippen molar-refractivity contribution in [2.75, 3.05) is 25.0 Å². The first-order valence-corrected chi connectivity index (χ1v) is 11.3. The molecule has 1 fully saturated rings. The molecule has 7 heteroatoms. The number of amides is 2. The van der Waals surface area contributed by atoms with Gasteiger partial charge >= 0.3 is 0 Å². The van der Waals surface area contributed by atoms with E-state index < -0.39 is 0 Å². The van der Waals surface area contributed by atoms with Gasteiger partial charge in [0.1, 0.15) is 6.04 Å². The maximum Gasteiger partial charge on any atom is 0.279 e.